The molecule has 4 rings (SSSR count). The van der Waals surface area contributed by atoms with E-state index in [2.05, 4.69) is 27.6 Å². The molecule has 1 aliphatic heterocycles. The number of nitrogens with zero attached hydrogens (tertiary/aromatic N) is 2. The van der Waals surface area contributed by atoms with Gasteiger partial charge in [-0.25, -0.2) is 9.79 Å². The second kappa shape index (κ2) is 11.3. The molecule has 0 aromatic heterocycles. The van der Waals surface area contributed by atoms with E-state index >= 15 is 0 Å². The zero-order valence-electron chi connectivity index (χ0n) is 18.6. The monoisotopic (exact) mass is 618 g/mol. The number of amidine groups is 1. The molecule has 1 amide bonds. The number of ether oxygens (including phenoxy) is 1. The number of carbonyl (C=O) groups is 2. The number of aliphatic imine (C=N–C) groups is 1. The maximum absolute atomic E-state index is 12.9. The smallest absolute Gasteiger partial charge is 0.335 e. The number of halogens is 2. The van der Waals surface area contributed by atoms with Crippen molar-refractivity contribution in [2.75, 3.05) is 6.54 Å². The highest BCUT2D eigenvalue weighted by atomic mass is 127. The van der Waals surface area contributed by atoms with Crippen molar-refractivity contribution >= 4 is 74.8 Å². The van der Waals surface area contributed by atoms with E-state index in [1.807, 2.05) is 37.3 Å². The van der Waals surface area contributed by atoms with Crippen molar-refractivity contribution in [2.24, 2.45) is 4.99 Å². The van der Waals surface area contributed by atoms with E-state index in [1.54, 1.807) is 35.2 Å². The normalized spacial score (nSPS) is 15.7. The van der Waals surface area contributed by atoms with Gasteiger partial charge < -0.3 is 9.84 Å². The number of carboxylic acids is 1. The van der Waals surface area contributed by atoms with Gasteiger partial charge in [0.25, 0.3) is 5.91 Å². The largest absolute Gasteiger partial charge is 0.487 e. The number of carboxylic acid groups (broad SMARTS) is 1. The molecule has 1 saturated heterocycles. The summed E-state index contributed by atoms with van der Waals surface area (Å²) in [4.78, 5) is 30.7. The van der Waals surface area contributed by atoms with E-state index in [9.17, 15) is 9.59 Å². The van der Waals surface area contributed by atoms with Crippen molar-refractivity contribution in [1.82, 2.24) is 4.90 Å². The lowest BCUT2D eigenvalue weighted by Gasteiger charge is -2.12. The van der Waals surface area contributed by atoms with Crippen molar-refractivity contribution in [2.45, 2.75) is 13.5 Å². The Morgan fingerprint density at radius 1 is 1.14 bits per heavy atom. The Labute approximate surface area is 225 Å². The van der Waals surface area contributed by atoms with E-state index < -0.39 is 5.97 Å². The lowest BCUT2D eigenvalue weighted by Crippen LogP contribution is -2.28. The lowest BCUT2D eigenvalue weighted by molar-refractivity contribution is -0.122. The minimum Gasteiger partial charge on any atom is -0.487 e. The maximum atomic E-state index is 12.9. The first kappa shape index (κ1) is 25.3. The van der Waals surface area contributed by atoms with Gasteiger partial charge >= 0.3 is 5.97 Å². The van der Waals surface area contributed by atoms with Gasteiger partial charge in [-0.15, -0.1) is 0 Å². The molecule has 0 radical (unpaired) electrons. The highest BCUT2D eigenvalue weighted by Gasteiger charge is 2.32. The van der Waals surface area contributed by atoms with Gasteiger partial charge in [-0.05, 0) is 107 Å². The van der Waals surface area contributed by atoms with Crippen LogP contribution in [0.4, 0.5) is 5.69 Å². The third-order valence-corrected chi connectivity index (χ3v) is 7.13. The van der Waals surface area contributed by atoms with Crippen LogP contribution in [0.25, 0.3) is 6.08 Å². The third-order valence-electron chi connectivity index (χ3n) is 5.10. The van der Waals surface area contributed by atoms with Crippen LogP contribution in [0.5, 0.6) is 5.75 Å². The van der Waals surface area contributed by atoms with Crippen LogP contribution < -0.4 is 4.74 Å². The lowest BCUT2D eigenvalue weighted by atomic mass is 10.2. The molecule has 3 aromatic rings. The predicted molar refractivity (Wildman–Crippen MR) is 148 cm³/mol. The number of benzene rings is 3. The standard InChI is InChI=1S/C26H20ClIN2O4S/c1-2-30-24(31)23(35-26(30)29-20-10-6-18(7-11-20)25(32)33)14-17-5-12-22(21(27)13-17)34-15-16-3-8-19(28)9-4-16/h3-14H,2,15H2,1H3,(H,32,33)/b23-14-,29-26?. The SMILES string of the molecule is CCN1C(=O)/C(=C/c2ccc(OCc3ccc(I)cc3)c(Cl)c2)SC1=Nc1ccc(C(=O)O)cc1. The third kappa shape index (κ3) is 6.25. The first-order valence-electron chi connectivity index (χ1n) is 10.6. The summed E-state index contributed by atoms with van der Waals surface area (Å²) in [6.07, 6.45) is 1.78. The number of rotatable bonds is 7. The fourth-order valence-electron chi connectivity index (χ4n) is 3.28. The summed E-state index contributed by atoms with van der Waals surface area (Å²) in [6.45, 7) is 2.74. The van der Waals surface area contributed by atoms with Crippen LogP contribution >= 0.6 is 46.0 Å². The molecule has 178 valence electrons. The van der Waals surface area contributed by atoms with Crippen LogP contribution in [0.1, 0.15) is 28.4 Å². The molecule has 0 saturated carbocycles. The molecule has 35 heavy (non-hydrogen) atoms. The minimum atomic E-state index is -1.00. The highest BCUT2D eigenvalue weighted by molar-refractivity contribution is 14.1. The Morgan fingerprint density at radius 2 is 1.86 bits per heavy atom. The Balaban J connectivity index is 1.50. The topological polar surface area (TPSA) is 79.2 Å². The average Bonchev–Trinajstić information content (AvgIpc) is 3.13. The van der Waals surface area contributed by atoms with E-state index in [0.29, 0.717) is 39.7 Å². The molecule has 0 spiro atoms. The molecule has 1 heterocycles. The summed E-state index contributed by atoms with van der Waals surface area (Å²) >= 11 is 9.97. The first-order valence-corrected chi connectivity index (χ1v) is 12.9. The summed E-state index contributed by atoms with van der Waals surface area (Å²) in [5.41, 5.74) is 2.57. The van der Waals surface area contributed by atoms with Crippen molar-refractivity contribution in [3.05, 3.63) is 96.9 Å². The first-order chi connectivity index (χ1) is 16.8. The van der Waals surface area contributed by atoms with Crippen molar-refractivity contribution in [1.29, 1.82) is 0 Å². The second-order valence-electron chi connectivity index (χ2n) is 7.51. The van der Waals surface area contributed by atoms with Gasteiger partial charge in [0.1, 0.15) is 12.4 Å². The highest BCUT2D eigenvalue weighted by Crippen LogP contribution is 2.35. The van der Waals surface area contributed by atoms with Crippen LogP contribution in [-0.4, -0.2) is 33.6 Å². The summed E-state index contributed by atoms with van der Waals surface area (Å²) in [6, 6.07) is 19.7. The number of likely N-dealkylation sites (N-methyl/N-ethyl adjacent to an activating group) is 1. The number of amides is 1. The molecule has 0 unspecified atom stereocenters. The summed E-state index contributed by atoms with van der Waals surface area (Å²) in [7, 11) is 0. The van der Waals surface area contributed by atoms with Crippen LogP contribution in [0.2, 0.25) is 5.02 Å². The van der Waals surface area contributed by atoms with Crippen molar-refractivity contribution in [3.63, 3.8) is 0 Å². The quantitative estimate of drug-likeness (QED) is 0.232. The Morgan fingerprint density at radius 3 is 2.49 bits per heavy atom. The molecule has 1 aliphatic rings. The Kier molecular flexibility index (Phi) is 8.15. The van der Waals surface area contributed by atoms with Crippen LogP contribution in [0, 0.1) is 3.57 Å². The molecule has 0 aliphatic carbocycles. The Bertz CT molecular complexity index is 1320. The summed E-state index contributed by atoms with van der Waals surface area (Å²) in [5, 5.41) is 10.1. The van der Waals surface area contributed by atoms with Crippen molar-refractivity contribution in [3.8, 4) is 5.75 Å². The zero-order valence-corrected chi connectivity index (χ0v) is 22.3. The number of hydrogen-bond acceptors (Lipinski definition) is 5. The van der Waals surface area contributed by atoms with Gasteiger partial charge in [0.15, 0.2) is 5.17 Å². The van der Waals surface area contributed by atoms with Gasteiger partial charge in [-0.1, -0.05) is 29.8 Å². The number of hydrogen-bond donors (Lipinski definition) is 1. The van der Waals surface area contributed by atoms with Gasteiger partial charge in [0.05, 0.1) is 21.2 Å². The maximum Gasteiger partial charge on any atom is 0.335 e. The van der Waals surface area contributed by atoms with Crippen molar-refractivity contribution < 1.29 is 19.4 Å². The van der Waals surface area contributed by atoms with Gasteiger partial charge in [-0.3, -0.25) is 9.69 Å². The van der Waals surface area contributed by atoms with E-state index in [4.69, 9.17) is 21.4 Å². The van der Waals surface area contributed by atoms with Gasteiger partial charge in [0.2, 0.25) is 0 Å². The van der Waals surface area contributed by atoms with Gasteiger partial charge in [0, 0.05) is 10.1 Å². The molecule has 6 nitrogen and oxygen atoms in total. The predicted octanol–water partition coefficient (Wildman–Crippen LogP) is 6.85. The molecule has 9 heteroatoms. The number of carbonyl (C=O) groups excluding carboxylic acids is 1. The fraction of sp³-hybridized carbons (Fsp3) is 0.115. The van der Waals surface area contributed by atoms with Crippen LogP contribution in [0.3, 0.4) is 0 Å². The van der Waals surface area contributed by atoms with Gasteiger partial charge in [-0.2, -0.15) is 0 Å². The molecule has 0 bridgehead atoms. The second-order valence-corrected chi connectivity index (χ2v) is 10.2. The molecule has 0 atom stereocenters. The number of thioether (sulfide) groups is 1. The van der Waals surface area contributed by atoms with Crippen LogP contribution in [0.15, 0.2) is 76.6 Å². The Hall–Kier alpha value is -2.82. The summed E-state index contributed by atoms with van der Waals surface area (Å²) in [5.74, 6) is -0.575. The molecule has 1 fully saturated rings. The molecule has 3 aromatic carbocycles. The summed E-state index contributed by atoms with van der Waals surface area (Å²) < 4.78 is 7.02. The molecule has 1 N–H and O–H groups in total. The zero-order chi connectivity index (χ0) is 24.9. The number of aromatic carboxylic acids is 1. The van der Waals surface area contributed by atoms with Crippen LogP contribution in [-0.2, 0) is 11.4 Å². The van der Waals surface area contributed by atoms with E-state index in [-0.39, 0.29) is 11.5 Å². The molecular formula is C26H20ClIN2O4S. The van der Waals surface area contributed by atoms with E-state index in [1.165, 1.54) is 23.9 Å². The minimum absolute atomic E-state index is 0.145. The fourth-order valence-corrected chi connectivity index (χ4v) is 4.94. The molecular weight excluding hydrogens is 599 g/mol. The average molecular weight is 619 g/mol. The van der Waals surface area contributed by atoms with E-state index in [0.717, 1.165) is 14.7 Å².